The molecule has 2 aromatic rings. The second-order valence-corrected chi connectivity index (χ2v) is 6.98. The number of ether oxygens (including phenoxy) is 1. The Hall–Kier alpha value is -1.10. The predicted molar refractivity (Wildman–Crippen MR) is 89.3 cm³/mol. The van der Waals surface area contributed by atoms with E-state index in [0.29, 0.717) is 19.2 Å². The predicted octanol–water partition coefficient (Wildman–Crippen LogP) is 4.49. The van der Waals surface area contributed by atoms with Gasteiger partial charge in [-0.2, -0.15) is 0 Å². The lowest BCUT2D eigenvalue weighted by atomic mass is 10.2. The Balaban J connectivity index is 2.10. The van der Waals surface area contributed by atoms with Gasteiger partial charge in [0.1, 0.15) is 17.4 Å². The molecule has 0 spiro atoms. The molecule has 0 saturated heterocycles. The maximum absolute atomic E-state index is 6.29. The lowest BCUT2D eigenvalue weighted by molar-refractivity contribution is 0.301. The van der Waals surface area contributed by atoms with E-state index in [1.54, 1.807) is 11.3 Å². The zero-order valence-electron chi connectivity index (χ0n) is 12.9. The van der Waals surface area contributed by atoms with Crippen molar-refractivity contribution in [3.63, 3.8) is 0 Å². The fourth-order valence-electron chi connectivity index (χ4n) is 1.89. The van der Waals surface area contributed by atoms with Gasteiger partial charge in [0.05, 0.1) is 5.69 Å². The normalized spacial score (nSPS) is 11.1. The van der Waals surface area contributed by atoms with Gasteiger partial charge in [-0.3, -0.25) is 0 Å². The molecule has 21 heavy (non-hydrogen) atoms. The maximum Gasteiger partial charge on any atom is 0.140 e. The molecular formula is C16H21ClN2OS. The van der Waals surface area contributed by atoms with Gasteiger partial charge in [-0.25, -0.2) is 4.98 Å². The van der Waals surface area contributed by atoms with E-state index in [2.05, 4.69) is 31.1 Å². The molecule has 0 amide bonds. The number of halogens is 1. The van der Waals surface area contributed by atoms with Crippen molar-refractivity contribution in [2.75, 3.05) is 0 Å². The summed E-state index contributed by atoms with van der Waals surface area (Å²) in [7, 11) is 0. The SMILES string of the molecule is Cc1nc(COc2cccc(Cl)c2CNC(C)C)sc1C. The fraction of sp³-hybridized carbons (Fsp3) is 0.438. The van der Waals surface area contributed by atoms with Crippen LogP contribution in [0.15, 0.2) is 18.2 Å². The Morgan fingerprint density at radius 1 is 1.33 bits per heavy atom. The number of hydrogen-bond acceptors (Lipinski definition) is 4. The largest absolute Gasteiger partial charge is 0.486 e. The van der Waals surface area contributed by atoms with Gasteiger partial charge in [-0.05, 0) is 26.0 Å². The van der Waals surface area contributed by atoms with Crippen molar-refractivity contribution < 1.29 is 4.74 Å². The van der Waals surface area contributed by atoms with Gasteiger partial charge >= 0.3 is 0 Å². The molecule has 0 aliphatic carbocycles. The minimum absolute atomic E-state index is 0.401. The maximum atomic E-state index is 6.29. The van der Waals surface area contributed by atoms with E-state index >= 15 is 0 Å². The zero-order chi connectivity index (χ0) is 15.4. The lowest BCUT2D eigenvalue weighted by Gasteiger charge is -2.14. The summed E-state index contributed by atoms with van der Waals surface area (Å²) in [6.07, 6.45) is 0. The van der Waals surface area contributed by atoms with Crippen molar-refractivity contribution in [2.45, 2.75) is 46.9 Å². The molecule has 0 aliphatic heterocycles. The van der Waals surface area contributed by atoms with Crippen LogP contribution in [0.2, 0.25) is 5.02 Å². The average Bonchev–Trinajstić information content (AvgIpc) is 2.74. The third-order valence-electron chi connectivity index (χ3n) is 3.19. The molecule has 0 radical (unpaired) electrons. The van der Waals surface area contributed by atoms with Crippen molar-refractivity contribution in [1.82, 2.24) is 10.3 Å². The highest BCUT2D eigenvalue weighted by molar-refractivity contribution is 7.11. The van der Waals surface area contributed by atoms with Gasteiger partial charge in [-0.15, -0.1) is 11.3 Å². The molecule has 3 nitrogen and oxygen atoms in total. The molecule has 0 bridgehead atoms. The third kappa shape index (κ3) is 4.43. The Labute approximate surface area is 135 Å². The highest BCUT2D eigenvalue weighted by Crippen LogP contribution is 2.28. The van der Waals surface area contributed by atoms with Crippen molar-refractivity contribution in [2.24, 2.45) is 0 Å². The van der Waals surface area contributed by atoms with E-state index in [4.69, 9.17) is 16.3 Å². The van der Waals surface area contributed by atoms with Crippen LogP contribution in [-0.4, -0.2) is 11.0 Å². The number of hydrogen-bond donors (Lipinski definition) is 1. The minimum atomic E-state index is 0.401. The van der Waals surface area contributed by atoms with E-state index in [-0.39, 0.29) is 0 Å². The average molecular weight is 325 g/mol. The van der Waals surface area contributed by atoms with Gasteiger partial charge in [0.2, 0.25) is 0 Å². The molecule has 114 valence electrons. The molecular weight excluding hydrogens is 304 g/mol. The molecule has 0 aliphatic rings. The van der Waals surface area contributed by atoms with E-state index < -0.39 is 0 Å². The summed E-state index contributed by atoms with van der Waals surface area (Å²) in [4.78, 5) is 5.73. The van der Waals surface area contributed by atoms with Gasteiger partial charge < -0.3 is 10.1 Å². The number of rotatable bonds is 6. The van der Waals surface area contributed by atoms with Gasteiger partial charge in [0, 0.05) is 28.0 Å². The number of benzene rings is 1. The summed E-state index contributed by atoms with van der Waals surface area (Å²) in [6, 6.07) is 6.16. The summed E-state index contributed by atoms with van der Waals surface area (Å²) < 4.78 is 5.93. The van der Waals surface area contributed by atoms with Crippen LogP contribution in [0.1, 0.15) is 35.0 Å². The Morgan fingerprint density at radius 2 is 2.10 bits per heavy atom. The first-order chi connectivity index (χ1) is 9.97. The fourth-order valence-corrected chi connectivity index (χ4v) is 2.97. The molecule has 0 fully saturated rings. The van der Waals surface area contributed by atoms with Crippen LogP contribution < -0.4 is 10.1 Å². The van der Waals surface area contributed by atoms with E-state index in [1.807, 2.05) is 25.1 Å². The van der Waals surface area contributed by atoms with E-state index in [9.17, 15) is 0 Å². The summed E-state index contributed by atoms with van der Waals surface area (Å²) in [6.45, 7) is 9.49. The molecule has 2 rings (SSSR count). The van der Waals surface area contributed by atoms with Crippen LogP contribution in [-0.2, 0) is 13.2 Å². The number of nitrogens with zero attached hydrogens (tertiary/aromatic N) is 1. The van der Waals surface area contributed by atoms with Crippen molar-refractivity contribution in [1.29, 1.82) is 0 Å². The zero-order valence-corrected chi connectivity index (χ0v) is 14.4. The quantitative estimate of drug-likeness (QED) is 0.850. The van der Waals surface area contributed by atoms with E-state index in [0.717, 1.165) is 27.0 Å². The molecule has 1 aromatic heterocycles. The first-order valence-corrected chi connectivity index (χ1v) is 8.23. The van der Waals surface area contributed by atoms with Crippen LogP contribution in [0.3, 0.4) is 0 Å². The molecule has 0 saturated carbocycles. The molecule has 1 heterocycles. The van der Waals surface area contributed by atoms with Crippen LogP contribution in [0, 0.1) is 13.8 Å². The van der Waals surface area contributed by atoms with Gasteiger partial charge in [0.15, 0.2) is 0 Å². The number of aromatic nitrogens is 1. The molecule has 5 heteroatoms. The standard InChI is InChI=1S/C16H21ClN2OS/c1-10(2)18-8-13-14(17)6-5-7-15(13)20-9-16-19-11(3)12(4)21-16/h5-7,10,18H,8-9H2,1-4H3. The third-order valence-corrected chi connectivity index (χ3v) is 4.59. The first kappa shape index (κ1) is 16.3. The number of thiazole rings is 1. The number of aryl methyl sites for hydroxylation is 2. The van der Waals surface area contributed by atoms with Gasteiger partial charge in [-0.1, -0.05) is 31.5 Å². The monoisotopic (exact) mass is 324 g/mol. The van der Waals surface area contributed by atoms with Crippen LogP contribution in [0.4, 0.5) is 0 Å². The molecule has 1 N–H and O–H groups in total. The highest BCUT2D eigenvalue weighted by atomic mass is 35.5. The topological polar surface area (TPSA) is 34.1 Å². The highest BCUT2D eigenvalue weighted by Gasteiger charge is 2.10. The van der Waals surface area contributed by atoms with Crippen LogP contribution in [0.5, 0.6) is 5.75 Å². The molecule has 1 aromatic carbocycles. The van der Waals surface area contributed by atoms with E-state index in [1.165, 1.54) is 4.88 Å². The molecule has 0 atom stereocenters. The summed E-state index contributed by atoms with van der Waals surface area (Å²) in [5.74, 6) is 0.821. The van der Waals surface area contributed by atoms with Gasteiger partial charge in [0.25, 0.3) is 0 Å². The Kier molecular flexibility index (Phi) is 5.62. The van der Waals surface area contributed by atoms with Crippen LogP contribution >= 0.6 is 22.9 Å². The molecule has 0 unspecified atom stereocenters. The van der Waals surface area contributed by atoms with Crippen molar-refractivity contribution in [3.05, 3.63) is 44.4 Å². The summed E-state index contributed by atoms with van der Waals surface area (Å²) in [5, 5.41) is 5.10. The van der Waals surface area contributed by atoms with Crippen molar-refractivity contribution in [3.8, 4) is 5.75 Å². The Bertz CT molecular complexity index is 591. The minimum Gasteiger partial charge on any atom is -0.486 e. The second kappa shape index (κ2) is 7.25. The summed E-state index contributed by atoms with van der Waals surface area (Å²) >= 11 is 7.97. The Morgan fingerprint density at radius 3 is 2.71 bits per heavy atom. The lowest BCUT2D eigenvalue weighted by Crippen LogP contribution is -2.22. The number of nitrogens with one attached hydrogen (secondary N) is 1. The smallest absolute Gasteiger partial charge is 0.140 e. The van der Waals surface area contributed by atoms with Crippen molar-refractivity contribution >= 4 is 22.9 Å². The first-order valence-electron chi connectivity index (χ1n) is 7.04. The summed E-state index contributed by atoms with van der Waals surface area (Å²) in [5.41, 5.74) is 2.07. The second-order valence-electron chi connectivity index (χ2n) is 5.29. The van der Waals surface area contributed by atoms with Crippen LogP contribution in [0.25, 0.3) is 0 Å².